The fourth-order valence-electron chi connectivity index (χ4n) is 1.79. The first kappa shape index (κ1) is 14.4. The molecule has 2 rings (SSSR count). The van der Waals surface area contributed by atoms with Crippen LogP contribution in [-0.2, 0) is 9.53 Å². The molecule has 10 nitrogen and oxygen atoms in total. The van der Waals surface area contributed by atoms with E-state index in [1.54, 1.807) is 6.92 Å². The summed E-state index contributed by atoms with van der Waals surface area (Å²) < 4.78 is 5.10. The molecule has 1 aliphatic heterocycles. The molecule has 21 heavy (non-hydrogen) atoms. The first-order valence-corrected chi connectivity index (χ1v) is 5.90. The summed E-state index contributed by atoms with van der Waals surface area (Å²) >= 11 is 0. The van der Waals surface area contributed by atoms with E-state index in [1.165, 1.54) is 0 Å². The number of hydrogen-bond acceptors (Lipinski definition) is 7. The SMILES string of the molecule is CCOC1=NN(c2ccc([N+](=O)[O-])cc2[N+](=O)[O-])C(=O)C1. The van der Waals surface area contributed by atoms with Crippen molar-refractivity contribution in [3.63, 3.8) is 0 Å². The van der Waals surface area contributed by atoms with Gasteiger partial charge in [-0.05, 0) is 13.0 Å². The lowest BCUT2D eigenvalue weighted by Crippen LogP contribution is -2.20. The molecular formula is C11H10N4O6. The Kier molecular flexibility index (Phi) is 3.78. The number of amides is 1. The van der Waals surface area contributed by atoms with Crippen molar-refractivity contribution >= 4 is 28.9 Å². The predicted octanol–water partition coefficient (Wildman–Crippen LogP) is 1.59. The lowest BCUT2D eigenvalue weighted by atomic mass is 10.2. The van der Waals surface area contributed by atoms with E-state index in [1.807, 2.05) is 0 Å². The molecule has 0 aromatic heterocycles. The van der Waals surface area contributed by atoms with Gasteiger partial charge < -0.3 is 4.74 Å². The fraction of sp³-hybridized carbons (Fsp3) is 0.273. The van der Waals surface area contributed by atoms with Crippen LogP contribution in [0.1, 0.15) is 13.3 Å². The van der Waals surface area contributed by atoms with Crippen LogP contribution in [0, 0.1) is 20.2 Å². The van der Waals surface area contributed by atoms with Crippen LogP contribution in [0.3, 0.4) is 0 Å². The molecule has 1 amide bonds. The van der Waals surface area contributed by atoms with E-state index in [4.69, 9.17) is 4.74 Å². The zero-order chi connectivity index (χ0) is 15.6. The van der Waals surface area contributed by atoms with Gasteiger partial charge in [0.25, 0.3) is 11.6 Å². The zero-order valence-corrected chi connectivity index (χ0v) is 10.9. The number of non-ortho nitro benzene ring substituents is 1. The Morgan fingerprint density at radius 2 is 2.05 bits per heavy atom. The summed E-state index contributed by atoms with van der Waals surface area (Å²) in [6, 6.07) is 2.98. The van der Waals surface area contributed by atoms with E-state index in [9.17, 15) is 25.0 Å². The molecule has 10 heteroatoms. The minimum atomic E-state index is -0.802. The molecule has 0 spiro atoms. The van der Waals surface area contributed by atoms with Crippen molar-refractivity contribution in [3.05, 3.63) is 38.4 Å². The summed E-state index contributed by atoms with van der Waals surface area (Å²) in [5.41, 5.74) is -1.14. The highest BCUT2D eigenvalue weighted by atomic mass is 16.6. The van der Waals surface area contributed by atoms with Crippen molar-refractivity contribution in [2.45, 2.75) is 13.3 Å². The maximum atomic E-state index is 11.8. The van der Waals surface area contributed by atoms with Crippen LogP contribution < -0.4 is 5.01 Å². The maximum absolute atomic E-state index is 11.8. The topological polar surface area (TPSA) is 128 Å². The largest absolute Gasteiger partial charge is 0.480 e. The highest BCUT2D eigenvalue weighted by Crippen LogP contribution is 2.34. The van der Waals surface area contributed by atoms with Crippen molar-refractivity contribution in [1.29, 1.82) is 0 Å². The third-order valence-corrected chi connectivity index (χ3v) is 2.66. The van der Waals surface area contributed by atoms with E-state index >= 15 is 0 Å². The number of nitro benzene ring substituents is 2. The third-order valence-electron chi connectivity index (χ3n) is 2.66. The molecule has 0 N–H and O–H groups in total. The number of nitro groups is 2. The minimum absolute atomic E-state index is 0.109. The Hall–Kier alpha value is -3.04. The van der Waals surface area contributed by atoms with Crippen molar-refractivity contribution in [3.8, 4) is 0 Å². The van der Waals surface area contributed by atoms with Gasteiger partial charge in [-0.2, -0.15) is 5.01 Å². The number of hydrazone groups is 1. The Morgan fingerprint density at radius 1 is 1.33 bits per heavy atom. The molecule has 0 radical (unpaired) electrons. The molecule has 0 saturated heterocycles. The lowest BCUT2D eigenvalue weighted by Gasteiger charge is -2.10. The summed E-state index contributed by atoms with van der Waals surface area (Å²) in [5, 5.41) is 26.4. The van der Waals surface area contributed by atoms with E-state index in [0.717, 1.165) is 23.2 Å². The van der Waals surface area contributed by atoms with Gasteiger partial charge in [0, 0.05) is 6.07 Å². The molecule has 1 aromatic carbocycles. The summed E-state index contributed by atoms with van der Waals surface area (Å²) in [6.45, 7) is 2.02. The van der Waals surface area contributed by atoms with Crippen LogP contribution in [0.15, 0.2) is 23.3 Å². The summed E-state index contributed by atoms with van der Waals surface area (Å²) in [7, 11) is 0. The number of hydrogen-bond donors (Lipinski definition) is 0. The molecule has 1 heterocycles. The maximum Gasteiger partial charge on any atom is 0.301 e. The monoisotopic (exact) mass is 294 g/mol. The Labute approximate surface area is 117 Å². The van der Waals surface area contributed by atoms with Crippen molar-refractivity contribution in [2.75, 3.05) is 11.6 Å². The van der Waals surface area contributed by atoms with Gasteiger partial charge in [-0.25, -0.2) is 0 Å². The first-order valence-electron chi connectivity index (χ1n) is 5.90. The van der Waals surface area contributed by atoms with Crippen molar-refractivity contribution in [1.82, 2.24) is 0 Å². The number of anilines is 1. The second kappa shape index (κ2) is 5.53. The van der Waals surface area contributed by atoms with Gasteiger partial charge >= 0.3 is 5.69 Å². The molecule has 0 bridgehead atoms. The van der Waals surface area contributed by atoms with Crippen molar-refractivity contribution in [2.24, 2.45) is 5.10 Å². The van der Waals surface area contributed by atoms with E-state index in [2.05, 4.69) is 5.10 Å². The molecular weight excluding hydrogens is 284 g/mol. The molecule has 0 aliphatic carbocycles. The minimum Gasteiger partial charge on any atom is -0.480 e. The molecule has 0 saturated carbocycles. The van der Waals surface area contributed by atoms with Crippen LogP contribution in [0.25, 0.3) is 0 Å². The number of ether oxygens (including phenoxy) is 1. The smallest absolute Gasteiger partial charge is 0.301 e. The normalized spacial score (nSPS) is 14.0. The van der Waals surface area contributed by atoms with Gasteiger partial charge in [-0.3, -0.25) is 25.0 Å². The average molecular weight is 294 g/mol. The number of carbonyl (C=O) groups excluding carboxylic acids is 1. The molecule has 1 aromatic rings. The Balaban J connectivity index is 2.46. The Morgan fingerprint density at radius 3 is 2.62 bits per heavy atom. The molecule has 0 fully saturated rings. The third kappa shape index (κ3) is 2.78. The molecule has 0 unspecified atom stereocenters. The summed E-state index contributed by atoms with van der Waals surface area (Å²) in [6.07, 6.45) is -0.109. The van der Waals surface area contributed by atoms with E-state index in [0.29, 0.717) is 6.61 Å². The molecule has 110 valence electrons. The van der Waals surface area contributed by atoms with Crippen LogP contribution >= 0.6 is 0 Å². The molecule has 0 atom stereocenters. The quantitative estimate of drug-likeness (QED) is 0.612. The average Bonchev–Trinajstić information content (AvgIpc) is 2.79. The van der Waals surface area contributed by atoms with Crippen LogP contribution in [0.4, 0.5) is 17.1 Å². The first-order chi connectivity index (χ1) is 9.93. The summed E-state index contributed by atoms with van der Waals surface area (Å²) in [5.74, 6) is -0.356. The van der Waals surface area contributed by atoms with Gasteiger partial charge in [-0.1, -0.05) is 0 Å². The second-order valence-corrected chi connectivity index (χ2v) is 4.00. The van der Waals surface area contributed by atoms with Gasteiger partial charge in [-0.15, -0.1) is 5.10 Å². The number of rotatable bonds is 4. The molecule has 1 aliphatic rings. The zero-order valence-electron chi connectivity index (χ0n) is 10.9. The number of benzene rings is 1. The Bertz CT molecular complexity index is 656. The van der Waals surface area contributed by atoms with Crippen molar-refractivity contribution < 1.29 is 19.4 Å². The van der Waals surface area contributed by atoms with E-state index in [-0.39, 0.29) is 18.0 Å². The lowest BCUT2D eigenvalue weighted by molar-refractivity contribution is -0.393. The van der Waals surface area contributed by atoms with Crippen LogP contribution in [-0.4, -0.2) is 28.3 Å². The van der Waals surface area contributed by atoms with Gasteiger partial charge in [0.2, 0.25) is 5.90 Å². The van der Waals surface area contributed by atoms with Gasteiger partial charge in [0.05, 0.1) is 22.5 Å². The number of carbonyl (C=O) groups is 1. The van der Waals surface area contributed by atoms with Gasteiger partial charge in [0.15, 0.2) is 0 Å². The van der Waals surface area contributed by atoms with Gasteiger partial charge in [0.1, 0.15) is 12.1 Å². The van der Waals surface area contributed by atoms with Crippen LogP contribution in [0.2, 0.25) is 0 Å². The van der Waals surface area contributed by atoms with E-state index < -0.39 is 27.1 Å². The number of nitrogens with zero attached hydrogens (tertiary/aromatic N) is 4. The standard InChI is InChI=1S/C11H10N4O6/c1-2-21-10-6-11(16)13(12-10)8-4-3-7(14(17)18)5-9(8)15(19)20/h3-5H,2,6H2,1H3. The van der Waals surface area contributed by atoms with Crippen LogP contribution in [0.5, 0.6) is 0 Å². The highest BCUT2D eigenvalue weighted by Gasteiger charge is 2.32. The fourth-order valence-corrected chi connectivity index (χ4v) is 1.79. The summed E-state index contributed by atoms with van der Waals surface area (Å²) in [4.78, 5) is 32.0. The predicted molar refractivity (Wildman–Crippen MR) is 70.9 cm³/mol. The second-order valence-electron chi connectivity index (χ2n) is 4.00. The highest BCUT2D eigenvalue weighted by molar-refractivity contribution is 6.11.